The number of carbonyl (C=O) groups excluding carboxylic acids is 1. The monoisotopic (exact) mass is 243 g/mol. The molecule has 2 aliphatic rings. The molecule has 0 radical (unpaired) electrons. The van der Waals surface area contributed by atoms with Gasteiger partial charge in [0.25, 0.3) is 0 Å². The zero-order valence-corrected chi connectivity index (χ0v) is 10.6. The van der Waals surface area contributed by atoms with E-state index < -0.39 is 0 Å². The van der Waals surface area contributed by atoms with E-state index in [4.69, 9.17) is 11.6 Å². The highest BCUT2D eigenvalue weighted by Gasteiger charge is 2.25. The summed E-state index contributed by atoms with van der Waals surface area (Å²) in [4.78, 5) is 11.8. The van der Waals surface area contributed by atoms with Crippen molar-refractivity contribution in [2.24, 2.45) is 5.92 Å². The Hall–Kier alpha value is -0.240. The molecule has 0 spiro atoms. The first kappa shape index (κ1) is 12.2. The summed E-state index contributed by atoms with van der Waals surface area (Å²) in [5.74, 6) is 0.877. The van der Waals surface area contributed by atoms with E-state index in [1.807, 2.05) is 0 Å². The molecule has 2 nitrogen and oxygen atoms in total. The van der Waals surface area contributed by atoms with Crippen LogP contribution in [-0.2, 0) is 4.79 Å². The predicted molar refractivity (Wildman–Crippen MR) is 66.6 cm³/mol. The topological polar surface area (TPSA) is 29.1 Å². The Kier molecular flexibility index (Phi) is 4.51. The van der Waals surface area contributed by atoms with Gasteiger partial charge in [0.05, 0.1) is 5.38 Å². The fourth-order valence-electron chi connectivity index (χ4n) is 2.65. The normalized spacial score (nSPS) is 31.6. The molecule has 0 heterocycles. The molecule has 16 heavy (non-hydrogen) atoms. The molecule has 2 rings (SSSR count). The van der Waals surface area contributed by atoms with Gasteiger partial charge in [0.15, 0.2) is 0 Å². The van der Waals surface area contributed by atoms with E-state index in [1.54, 1.807) is 0 Å². The number of carbonyl (C=O) groups is 1. The summed E-state index contributed by atoms with van der Waals surface area (Å²) in [5, 5.41) is 3.28. The van der Waals surface area contributed by atoms with Gasteiger partial charge in [-0.3, -0.25) is 4.79 Å². The number of amides is 1. The van der Waals surface area contributed by atoms with Crippen LogP contribution in [0.4, 0.5) is 0 Å². The summed E-state index contributed by atoms with van der Waals surface area (Å²) in [6.45, 7) is 0. The van der Waals surface area contributed by atoms with Crippen LogP contribution in [0, 0.1) is 5.92 Å². The second-order valence-electron chi connectivity index (χ2n) is 5.33. The lowest BCUT2D eigenvalue weighted by Gasteiger charge is -2.27. The van der Waals surface area contributed by atoms with Gasteiger partial charge in [-0.1, -0.05) is 25.7 Å². The fourth-order valence-corrected chi connectivity index (χ4v) is 2.99. The van der Waals surface area contributed by atoms with Crippen molar-refractivity contribution in [3.63, 3.8) is 0 Å². The van der Waals surface area contributed by atoms with Crippen LogP contribution in [0.5, 0.6) is 0 Å². The minimum absolute atomic E-state index is 0.146. The molecule has 0 aromatic carbocycles. The second kappa shape index (κ2) is 5.90. The summed E-state index contributed by atoms with van der Waals surface area (Å²) in [5.41, 5.74) is 0. The molecule has 0 aromatic rings. The van der Waals surface area contributed by atoms with Crippen molar-refractivity contribution in [3.05, 3.63) is 0 Å². The van der Waals surface area contributed by atoms with Crippen LogP contribution in [-0.4, -0.2) is 17.3 Å². The third kappa shape index (κ3) is 3.38. The lowest BCUT2D eigenvalue weighted by atomic mass is 9.83. The first-order valence-corrected chi connectivity index (χ1v) is 7.13. The van der Waals surface area contributed by atoms with Gasteiger partial charge in [-0.2, -0.15) is 0 Å². The van der Waals surface area contributed by atoms with Crippen molar-refractivity contribution < 1.29 is 4.79 Å². The first-order valence-electron chi connectivity index (χ1n) is 6.69. The average molecular weight is 244 g/mol. The van der Waals surface area contributed by atoms with Crippen molar-refractivity contribution >= 4 is 17.5 Å². The summed E-state index contributed by atoms with van der Waals surface area (Å²) in [6, 6.07) is 0.219. The molecule has 92 valence electrons. The number of alkyl halides is 1. The maximum atomic E-state index is 11.8. The van der Waals surface area contributed by atoms with E-state index in [9.17, 15) is 4.79 Å². The maximum absolute atomic E-state index is 11.8. The largest absolute Gasteiger partial charge is 0.352 e. The van der Waals surface area contributed by atoms with E-state index >= 15 is 0 Å². The summed E-state index contributed by atoms with van der Waals surface area (Å²) >= 11 is 6.30. The fraction of sp³-hybridized carbons (Fsp3) is 0.923. The Bertz CT molecular complexity index is 240. The highest BCUT2D eigenvalue weighted by atomic mass is 35.5. The van der Waals surface area contributed by atoms with Gasteiger partial charge >= 0.3 is 0 Å². The molecule has 3 heteroatoms. The minimum Gasteiger partial charge on any atom is -0.352 e. The maximum Gasteiger partial charge on any atom is 0.220 e. The number of hydrogen-bond donors (Lipinski definition) is 1. The van der Waals surface area contributed by atoms with Crippen LogP contribution in [0.2, 0.25) is 0 Å². The van der Waals surface area contributed by atoms with E-state index in [0.29, 0.717) is 5.92 Å². The van der Waals surface area contributed by atoms with Crippen LogP contribution in [0.15, 0.2) is 0 Å². The molecular formula is C13H22ClNO. The number of rotatable bonds is 3. The molecule has 1 N–H and O–H groups in total. The number of halogens is 1. The highest BCUT2D eigenvalue weighted by Crippen LogP contribution is 2.29. The van der Waals surface area contributed by atoms with Crippen LogP contribution in [0.25, 0.3) is 0 Å². The molecule has 2 saturated carbocycles. The zero-order chi connectivity index (χ0) is 11.4. The van der Waals surface area contributed by atoms with Gasteiger partial charge < -0.3 is 5.32 Å². The molecule has 0 saturated heterocycles. The van der Waals surface area contributed by atoms with Gasteiger partial charge in [-0.15, -0.1) is 11.6 Å². The van der Waals surface area contributed by atoms with Crippen molar-refractivity contribution in [3.8, 4) is 0 Å². The van der Waals surface area contributed by atoms with Gasteiger partial charge in [0, 0.05) is 12.5 Å². The standard InChI is InChI=1S/C13H22ClNO/c14-11-7-2-1-3-8-12(11)15-13(16)9-10-5-4-6-10/h10-12H,1-9H2,(H,15,16). The summed E-state index contributed by atoms with van der Waals surface area (Å²) in [7, 11) is 0. The van der Waals surface area contributed by atoms with Crippen molar-refractivity contribution in [1.82, 2.24) is 5.32 Å². The number of nitrogens with one attached hydrogen (secondary N) is 1. The van der Waals surface area contributed by atoms with Crippen LogP contribution in [0.3, 0.4) is 0 Å². The van der Waals surface area contributed by atoms with Crippen LogP contribution in [0.1, 0.15) is 57.8 Å². The third-order valence-electron chi connectivity index (χ3n) is 3.98. The lowest BCUT2D eigenvalue weighted by Crippen LogP contribution is -2.41. The van der Waals surface area contributed by atoms with Crippen LogP contribution >= 0.6 is 11.6 Å². The molecule has 2 unspecified atom stereocenters. The SMILES string of the molecule is O=C(CC1CCC1)NC1CCCCCC1Cl. The van der Waals surface area contributed by atoms with Gasteiger partial charge in [0.1, 0.15) is 0 Å². The second-order valence-corrected chi connectivity index (χ2v) is 5.89. The molecule has 0 aliphatic heterocycles. The van der Waals surface area contributed by atoms with Crippen molar-refractivity contribution in [2.45, 2.75) is 69.2 Å². The molecule has 2 fully saturated rings. The van der Waals surface area contributed by atoms with E-state index in [2.05, 4.69) is 5.32 Å². The average Bonchev–Trinajstić information content (AvgIpc) is 2.39. The summed E-state index contributed by atoms with van der Waals surface area (Å²) in [6.07, 6.45) is 10.3. The van der Waals surface area contributed by atoms with Gasteiger partial charge in [0.2, 0.25) is 5.91 Å². The minimum atomic E-state index is 0.146. The first-order chi connectivity index (χ1) is 7.75. The number of hydrogen-bond acceptors (Lipinski definition) is 1. The van der Waals surface area contributed by atoms with E-state index in [1.165, 1.54) is 38.5 Å². The Morgan fingerprint density at radius 1 is 1.06 bits per heavy atom. The molecule has 0 bridgehead atoms. The highest BCUT2D eigenvalue weighted by molar-refractivity contribution is 6.21. The Labute approximate surface area is 103 Å². The third-order valence-corrected chi connectivity index (χ3v) is 4.50. The molecule has 2 aliphatic carbocycles. The van der Waals surface area contributed by atoms with Gasteiger partial charge in [-0.25, -0.2) is 0 Å². The van der Waals surface area contributed by atoms with E-state index in [0.717, 1.165) is 19.3 Å². The molecule has 0 aromatic heterocycles. The van der Waals surface area contributed by atoms with Crippen LogP contribution < -0.4 is 5.32 Å². The quantitative estimate of drug-likeness (QED) is 0.599. The predicted octanol–water partition coefficient (Wildman–Crippen LogP) is 3.23. The molecular weight excluding hydrogens is 222 g/mol. The van der Waals surface area contributed by atoms with Gasteiger partial charge in [-0.05, 0) is 31.6 Å². The Balaban J connectivity index is 1.74. The molecule has 1 amide bonds. The zero-order valence-electron chi connectivity index (χ0n) is 9.88. The Morgan fingerprint density at radius 2 is 1.81 bits per heavy atom. The lowest BCUT2D eigenvalue weighted by molar-refractivity contribution is -0.123. The van der Waals surface area contributed by atoms with Crippen molar-refractivity contribution in [2.75, 3.05) is 0 Å². The Morgan fingerprint density at radius 3 is 2.50 bits per heavy atom. The molecule has 2 atom stereocenters. The van der Waals surface area contributed by atoms with E-state index in [-0.39, 0.29) is 17.3 Å². The van der Waals surface area contributed by atoms with Crippen molar-refractivity contribution in [1.29, 1.82) is 0 Å². The summed E-state index contributed by atoms with van der Waals surface area (Å²) < 4.78 is 0. The smallest absolute Gasteiger partial charge is 0.220 e.